The molecule has 0 radical (unpaired) electrons. The van der Waals surface area contributed by atoms with Crippen LogP contribution in [0.2, 0.25) is 0 Å². The van der Waals surface area contributed by atoms with Gasteiger partial charge in [0.1, 0.15) is 0 Å². The van der Waals surface area contributed by atoms with E-state index < -0.39 is 5.60 Å². The Morgan fingerprint density at radius 1 is 1.16 bits per heavy atom. The molecule has 31 heavy (non-hydrogen) atoms. The number of carbonyl (C=O) groups is 1. The molecular formula is C27H33NO3. The molecule has 0 aliphatic heterocycles. The van der Waals surface area contributed by atoms with Crippen molar-refractivity contribution in [1.82, 2.24) is 0 Å². The minimum absolute atomic E-state index is 0.0502. The highest BCUT2D eigenvalue weighted by Crippen LogP contribution is 2.67. The number of carbonyl (C=O) groups excluding carboxylic acids is 1. The van der Waals surface area contributed by atoms with Crippen LogP contribution in [0.1, 0.15) is 63.4 Å². The lowest BCUT2D eigenvalue weighted by Gasteiger charge is -2.54. The summed E-state index contributed by atoms with van der Waals surface area (Å²) in [7, 11) is 0. The van der Waals surface area contributed by atoms with Crippen LogP contribution in [0.3, 0.4) is 0 Å². The summed E-state index contributed by atoms with van der Waals surface area (Å²) >= 11 is 0. The van der Waals surface area contributed by atoms with Crippen molar-refractivity contribution in [2.75, 3.05) is 12.3 Å². The van der Waals surface area contributed by atoms with Gasteiger partial charge in [0.05, 0.1) is 12.2 Å². The SMILES string of the molecule is C[C@]12C[C@H](c3ccc(N)cc3)C3=C4CCC(=O)C=C4CC[C@H]3[C@@H]1CC[C@@]2(O)/C=C\CO. The van der Waals surface area contributed by atoms with Crippen LogP contribution in [0.25, 0.3) is 0 Å². The van der Waals surface area contributed by atoms with Gasteiger partial charge in [-0.1, -0.05) is 36.8 Å². The standard InChI is InChI=1S/C27H33NO3/c1-26-16-23(17-3-6-19(28)7-4-17)25-21-10-8-20(30)15-18(21)5-9-22(25)24(26)11-13-27(26,31)12-2-14-29/h2-4,6-7,12,15,22-24,29,31H,5,8-11,13-14,16,28H2,1H3/b12-2-/t22-,23+,24-,26-,27-/m0/s1. The number of ketones is 1. The third-order valence-electron chi connectivity index (χ3n) is 8.79. The number of hydrogen-bond acceptors (Lipinski definition) is 4. The van der Waals surface area contributed by atoms with E-state index in [0.29, 0.717) is 18.3 Å². The average molecular weight is 420 g/mol. The zero-order chi connectivity index (χ0) is 21.8. The molecule has 1 aromatic rings. The smallest absolute Gasteiger partial charge is 0.156 e. The molecule has 4 heteroatoms. The van der Waals surface area contributed by atoms with Crippen LogP contribution < -0.4 is 5.73 Å². The maximum Gasteiger partial charge on any atom is 0.156 e. The van der Waals surface area contributed by atoms with Gasteiger partial charge in [-0.15, -0.1) is 0 Å². The van der Waals surface area contributed by atoms with E-state index in [4.69, 9.17) is 5.73 Å². The van der Waals surface area contributed by atoms with Gasteiger partial charge in [0.2, 0.25) is 0 Å². The highest BCUT2D eigenvalue weighted by atomic mass is 16.3. The van der Waals surface area contributed by atoms with Crippen LogP contribution in [0.5, 0.6) is 0 Å². The predicted molar refractivity (Wildman–Crippen MR) is 122 cm³/mol. The molecule has 0 unspecified atom stereocenters. The number of aliphatic hydroxyl groups is 2. The summed E-state index contributed by atoms with van der Waals surface area (Å²) in [6.07, 6.45) is 11.5. The lowest BCUT2D eigenvalue weighted by Crippen LogP contribution is -2.50. The van der Waals surface area contributed by atoms with Gasteiger partial charge in [0, 0.05) is 23.4 Å². The summed E-state index contributed by atoms with van der Waals surface area (Å²) in [6, 6.07) is 8.22. The van der Waals surface area contributed by atoms with Crippen LogP contribution in [0, 0.1) is 17.3 Å². The van der Waals surface area contributed by atoms with E-state index >= 15 is 0 Å². The van der Waals surface area contributed by atoms with Crippen molar-refractivity contribution in [1.29, 1.82) is 0 Å². The minimum atomic E-state index is -0.901. The minimum Gasteiger partial charge on any atom is -0.399 e. The monoisotopic (exact) mass is 419 g/mol. The van der Waals surface area contributed by atoms with Crippen molar-refractivity contribution in [3.8, 4) is 0 Å². The Morgan fingerprint density at radius 2 is 1.94 bits per heavy atom. The number of hydrogen-bond donors (Lipinski definition) is 3. The van der Waals surface area contributed by atoms with Crippen LogP contribution in [-0.4, -0.2) is 28.2 Å². The van der Waals surface area contributed by atoms with E-state index in [9.17, 15) is 15.0 Å². The van der Waals surface area contributed by atoms with Gasteiger partial charge >= 0.3 is 0 Å². The molecule has 0 heterocycles. The second-order valence-electron chi connectivity index (χ2n) is 10.2. The van der Waals surface area contributed by atoms with Gasteiger partial charge in [-0.05, 0) is 85.3 Å². The molecule has 0 bridgehead atoms. The molecule has 1 aromatic carbocycles. The summed E-state index contributed by atoms with van der Waals surface area (Å²) in [5.74, 6) is 1.31. The van der Waals surface area contributed by atoms with Crippen LogP contribution in [-0.2, 0) is 4.79 Å². The molecule has 2 fully saturated rings. The summed E-state index contributed by atoms with van der Waals surface area (Å²) in [5, 5.41) is 21.1. The maximum atomic E-state index is 12.1. The number of anilines is 1. The molecule has 164 valence electrons. The zero-order valence-electron chi connectivity index (χ0n) is 18.3. The highest BCUT2D eigenvalue weighted by Gasteiger charge is 2.61. The van der Waals surface area contributed by atoms with Gasteiger partial charge in [-0.3, -0.25) is 4.79 Å². The Bertz CT molecular complexity index is 988. The number of aliphatic hydroxyl groups excluding tert-OH is 1. The van der Waals surface area contributed by atoms with Gasteiger partial charge in [0.15, 0.2) is 5.78 Å². The van der Waals surface area contributed by atoms with Gasteiger partial charge in [-0.2, -0.15) is 0 Å². The van der Waals surface area contributed by atoms with Crippen molar-refractivity contribution in [2.24, 2.45) is 17.3 Å². The molecule has 0 saturated heterocycles. The number of benzene rings is 1. The Hall–Kier alpha value is -2.17. The molecular weight excluding hydrogens is 386 g/mol. The van der Waals surface area contributed by atoms with Crippen molar-refractivity contribution >= 4 is 11.5 Å². The van der Waals surface area contributed by atoms with E-state index in [1.54, 1.807) is 6.08 Å². The predicted octanol–water partition coefficient (Wildman–Crippen LogP) is 4.45. The second kappa shape index (κ2) is 7.46. The third-order valence-corrected chi connectivity index (χ3v) is 8.79. The summed E-state index contributed by atoms with van der Waals surface area (Å²) < 4.78 is 0. The number of allylic oxidation sites excluding steroid dienone is 4. The first-order chi connectivity index (χ1) is 14.9. The Kier molecular flexibility index (Phi) is 4.98. The topological polar surface area (TPSA) is 83.6 Å². The van der Waals surface area contributed by atoms with Crippen molar-refractivity contribution < 1.29 is 15.0 Å². The maximum absolute atomic E-state index is 12.1. The molecule has 4 nitrogen and oxygen atoms in total. The molecule has 0 aromatic heterocycles. The van der Waals surface area contributed by atoms with Crippen molar-refractivity contribution in [3.63, 3.8) is 0 Å². The number of nitrogen functional groups attached to an aromatic ring is 1. The summed E-state index contributed by atoms with van der Waals surface area (Å²) in [4.78, 5) is 12.1. The van der Waals surface area contributed by atoms with Crippen LogP contribution >= 0.6 is 0 Å². The first-order valence-corrected chi connectivity index (χ1v) is 11.7. The third kappa shape index (κ3) is 3.15. The van der Waals surface area contributed by atoms with Crippen LogP contribution in [0.15, 0.2) is 59.2 Å². The quantitative estimate of drug-likeness (QED) is 0.499. The Balaban J connectivity index is 1.67. The Morgan fingerprint density at radius 3 is 2.68 bits per heavy atom. The van der Waals surface area contributed by atoms with Crippen molar-refractivity contribution in [2.45, 2.75) is 63.4 Å². The molecule has 4 aliphatic carbocycles. The first-order valence-electron chi connectivity index (χ1n) is 11.7. The lowest BCUT2D eigenvalue weighted by atomic mass is 9.51. The number of rotatable bonds is 3. The summed E-state index contributed by atoms with van der Waals surface area (Å²) in [5.41, 5.74) is 11.0. The van der Waals surface area contributed by atoms with E-state index in [-0.39, 0.29) is 23.7 Å². The van der Waals surface area contributed by atoms with Crippen molar-refractivity contribution in [3.05, 3.63) is 64.8 Å². The van der Waals surface area contributed by atoms with Gasteiger partial charge < -0.3 is 15.9 Å². The number of nitrogens with two attached hydrogens (primary N) is 1. The summed E-state index contributed by atoms with van der Waals surface area (Å²) in [6.45, 7) is 2.21. The average Bonchev–Trinajstić information content (AvgIpc) is 3.02. The zero-order valence-corrected chi connectivity index (χ0v) is 18.3. The number of fused-ring (bicyclic) bond motifs is 4. The molecule has 5 atom stereocenters. The Labute approximate surface area is 184 Å². The molecule has 4 aliphatic rings. The van der Waals surface area contributed by atoms with Crippen LogP contribution in [0.4, 0.5) is 5.69 Å². The molecule has 5 rings (SSSR count). The molecule has 4 N–H and O–H groups in total. The molecule has 2 saturated carbocycles. The van der Waals surface area contributed by atoms with Gasteiger partial charge in [0.25, 0.3) is 0 Å². The molecule has 0 amide bonds. The normalized spacial score (nSPS) is 37.5. The van der Waals surface area contributed by atoms with E-state index in [0.717, 1.165) is 44.2 Å². The van der Waals surface area contributed by atoms with E-state index in [1.165, 1.54) is 22.3 Å². The fourth-order valence-electron chi connectivity index (χ4n) is 7.25. The second-order valence-corrected chi connectivity index (χ2v) is 10.2. The fraction of sp³-hybridized carbons (Fsp3) is 0.519. The largest absolute Gasteiger partial charge is 0.399 e. The molecule has 0 spiro atoms. The van der Waals surface area contributed by atoms with E-state index in [2.05, 4.69) is 19.1 Å². The van der Waals surface area contributed by atoms with E-state index in [1.807, 2.05) is 24.3 Å². The first kappa shape index (κ1) is 20.7. The fourth-order valence-corrected chi connectivity index (χ4v) is 7.25. The lowest BCUT2D eigenvalue weighted by molar-refractivity contribution is -0.114. The van der Waals surface area contributed by atoms with Gasteiger partial charge in [-0.25, -0.2) is 0 Å². The highest BCUT2D eigenvalue weighted by molar-refractivity contribution is 5.93.